The molecule has 16 heavy (non-hydrogen) atoms. The predicted octanol–water partition coefficient (Wildman–Crippen LogP) is 3.24. The van der Waals surface area contributed by atoms with Gasteiger partial charge in [-0.2, -0.15) is 0 Å². The molecule has 0 amide bonds. The highest BCUT2D eigenvalue weighted by atomic mass is 16.5. The van der Waals surface area contributed by atoms with Gasteiger partial charge in [-0.05, 0) is 51.9 Å². The molecule has 2 rings (SSSR count). The van der Waals surface area contributed by atoms with Crippen LogP contribution < -0.4 is 5.73 Å². The van der Waals surface area contributed by atoms with Crippen LogP contribution in [0.2, 0.25) is 0 Å². The van der Waals surface area contributed by atoms with Crippen molar-refractivity contribution in [2.24, 2.45) is 11.7 Å². The average molecular weight is 225 g/mol. The van der Waals surface area contributed by atoms with Crippen LogP contribution in [0.3, 0.4) is 0 Å². The predicted molar refractivity (Wildman–Crippen MR) is 67.4 cm³/mol. The van der Waals surface area contributed by atoms with Crippen LogP contribution in [0.5, 0.6) is 0 Å². The van der Waals surface area contributed by atoms with E-state index in [1.165, 1.54) is 38.5 Å². The highest BCUT2D eigenvalue weighted by molar-refractivity contribution is 4.94. The maximum Gasteiger partial charge on any atom is 0.0631 e. The lowest BCUT2D eigenvalue weighted by Gasteiger charge is -2.38. The van der Waals surface area contributed by atoms with Gasteiger partial charge in [-0.3, -0.25) is 0 Å². The number of nitrogens with two attached hydrogens (primary N) is 1. The first-order chi connectivity index (χ1) is 7.39. The Bertz CT molecular complexity index is 251. The number of hydrogen-bond donors (Lipinski definition) is 1. The molecule has 94 valence electrons. The van der Waals surface area contributed by atoms with E-state index < -0.39 is 0 Å². The third kappa shape index (κ3) is 2.98. The van der Waals surface area contributed by atoms with Crippen molar-refractivity contribution in [3.8, 4) is 0 Å². The molecule has 2 fully saturated rings. The molecule has 0 aromatic carbocycles. The Morgan fingerprint density at radius 3 is 2.56 bits per heavy atom. The largest absolute Gasteiger partial charge is 0.372 e. The van der Waals surface area contributed by atoms with E-state index in [4.69, 9.17) is 10.5 Å². The van der Waals surface area contributed by atoms with Crippen LogP contribution in [-0.2, 0) is 4.74 Å². The molecule has 1 saturated heterocycles. The zero-order valence-electron chi connectivity index (χ0n) is 11.1. The lowest BCUT2D eigenvalue weighted by molar-refractivity contribution is -0.0308. The standard InChI is InChI=1S/C14H27NO/c1-11-5-4-7-14(15,9-11)10-12-6-8-13(2,3)16-12/h11-12H,4-10,15H2,1-3H3. The second kappa shape index (κ2) is 4.30. The second-order valence-corrected chi connectivity index (χ2v) is 6.81. The molecule has 0 bridgehead atoms. The van der Waals surface area contributed by atoms with E-state index in [0.29, 0.717) is 6.10 Å². The summed E-state index contributed by atoms with van der Waals surface area (Å²) in [5.74, 6) is 0.799. The van der Waals surface area contributed by atoms with Gasteiger partial charge < -0.3 is 10.5 Å². The molecule has 3 atom stereocenters. The van der Waals surface area contributed by atoms with Gasteiger partial charge in [0.1, 0.15) is 0 Å². The van der Waals surface area contributed by atoms with Crippen LogP contribution >= 0.6 is 0 Å². The molecule has 1 aliphatic carbocycles. The van der Waals surface area contributed by atoms with Crippen molar-refractivity contribution < 1.29 is 4.74 Å². The molecule has 2 N–H and O–H groups in total. The monoisotopic (exact) mass is 225 g/mol. The lowest BCUT2D eigenvalue weighted by atomic mass is 9.74. The van der Waals surface area contributed by atoms with Gasteiger partial charge in [-0.15, -0.1) is 0 Å². The van der Waals surface area contributed by atoms with E-state index in [-0.39, 0.29) is 11.1 Å². The van der Waals surface area contributed by atoms with Crippen molar-refractivity contribution in [3.63, 3.8) is 0 Å². The summed E-state index contributed by atoms with van der Waals surface area (Å²) in [5, 5.41) is 0. The van der Waals surface area contributed by atoms with E-state index in [1.54, 1.807) is 0 Å². The van der Waals surface area contributed by atoms with Crippen LogP contribution in [0.1, 0.15) is 65.7 Å². The fourth-order valence-electron chi connectivity index (χ4n) is 3.56. The molecule has 2 heteroatoms. The maximum atomic E-state index is 6.54. The molecule has 3 unspecified atom stereocenters. The zero-order chi connectivity index (χ0) is 11.8. The SMILES string of the molecule is CC1CCCC(N)(CC2CCC(C)(C)O2)C1. The summed E-state index contributed by atoms with van der Waals surface area (Å²) < 4.78 is 6.07. The third-order valence-electron chi connectivity index (χ3n) is 4.31. The van der Waals surface area contributed by atoms with Crippen LogP contribution in [0.15, 0.2) is 0 Å². The van der Waals surface area contributed by atoms with E-state index in [0.717, 1.165) is 12.3 Å². The molecule has 0 radical (unpaired) electrons. The molecule has 2 aliphatic rings. The van der Waals surface area contributed by atoms with Gasteiger partial charge in [0, 0.05) is 5.54 Å². The summed E-state index contributed by atoms with van der Waals surface area (Å²) in [6, 6.07) is 0. The fourth-order valence-corrected chi connectivity index (χ4v) is 3.56. The van der Waals surface area contributed by atoms with Gasteiger partial charge in [0.05, 0.1) is 11.7 Å². The molecule has 1 aliphatic heterocycles. The first-order valence-corrected chi connectivity index (χ1v) is 6.85. The summed E-state index contributed by atoms with van der Waals surface area (Å²) in [5.41, 5.74) is 6.68. The average Bonchev–Trinajstić information content (AvgIpc) is 2.43. The molecule has 1 heterocycles. The smallest absolute Gasteiger partial charge is 0.0631 e. The Morgan fingerprint density at radius 1 is 1.25 bits per heavy atom. The number of rotatable bonds is 2. The Hall–Kier alpha value is -0.0800. The summed E-state index contributed by atoms with van der Waals surface area (Å²) in [4.78, 5) is 0. The van der Waals surface area contributed by atoms with Crippen molar-refractivity contribution in [3.05, 3.63) is 0 Å². The molecule has 0 aromatic heterocycles. The summed E-state index contributed by atoms with van der Waals surface area (Å²) in [7, 11) is 0. The van der Waals surface area contributed by atoms with Crippen LogP contribution in [0.25, 0.3) is 0 Å². The van der Waals surface area contributed by atoms with E-state index in [9.17, 15) is 0 Å². The third-order valence-corrected chi connectivity index (χ3v) is 4.31. The normalized spacial score (nSPS) is 43.5. The lowest BCUT2D eigenvalue weighted by Crippen LogP contribution is -2.46. The molecule has 1 saturated carbocycles. The first kappa shape index (κ1) is 12.4. The van der Waals surface area contributed by atoms with Gasteiger partial charge in [0.25, 0.3) is 0 Å². The zero-order valence-corrected chi connectivity index (χ0v) is 11.1. The minimum absolute atomic E-state index is 0.0583. The topological polar surface area (TPSA) is 35.2 Å². The molecule has 2 nitrogen and oxygen atoms in total. The highest BCUT2D eigenvalue weighted by Gasteiger charge is 2.38. The second-order valence-electron chi connectivity index (χ2n) is 6.81. The van der Waals surface area contributed by atoms with Crippen molar-refractivity contribution in [2.75, 3.05) is 0 Å². The Morgan fingerprint density at radius 2 is 2.00 bits per heavy atom. The van der Waals surface area contributed by atoms with E-state index >= 15 is 0 Å². The molecular weight excluding hydrogens is 198 g/mol. The molecule has 0 spiro atoms. The molecular formula is C14H27NO. The fraction of sp³-hybridized carbons (Fsp3) is 1.00. The van der Waals surface area contributed by atoms with E-state index in [2.05, 4.69) is 20.8 Å². The Labute approximate surface area is 99.9 Å². The summed E-state index contributed by atoms with van der Waals surface area (Å²) >= 11 is 0. The van der Waals surface area contributed by atoms with Crippen LogP contribution in [0, 0.1) is 5.92 Å². The first-order valence-electron chi connectivity index (χ1n) is 6.85. The van der Waals surface area contributed by atoms with Gasteiger partial charge in [-0.25, -0.2) is 0 Å². The van der Waals surface area contributed by atoms with Gasteiger partial charge in [-0.1, -0.05) is 19.8 Å². The summed E-state index contributed by atoms with van der Waals surface area (Å²) in [6.45, 7) is 6.72. The van der Waals surface area contributed by atoms with Gasteiger partial charge in [0.15, 0.2) is 0 Å². The Kier molecular flexibility index (Phi) is 3.33. The molecule has 0 aromatic rings. The van der Waals surface area contributed by atoms with Crippen molar-refractivity contribution >= 4 is 0 Å². The van der Waals surface area contributed by atoms with Crippen molar-refractivity contribution in [1.29, 1.82) is 0 Å². The number of hydrogen-bond acceptors (Lipinski definition) is 2. The van der Waals surface area contributed by atoms with Crippen LogP contribution in [0.4, 0.5) is 0 Å². The quantitative estimate of drug-likeness (QED) is 0.783. The summed E-state index contributed by atoms with van der Waals surface area (Å²) in [6.07, 6.45) is 8.89. The highest BCUT2D eigenvalue weighted by Crippen LogP contribution is 2.38. The van der Waals surface area contributed by atoms with Gasteiger partial charge in [0.2, 0.25) is 0 Å². The van der Waals surface area contributed by atoms with Crippen LogP contribution in [-0.4, -0.2) is 17.2 Å². The van der Waals surface area contributed by atoms with Gasteiger partial charge >= 0.3 is 0 Å². The minimum atomic E-state index is 0.0583. The number of ether oxygens (including phenoxy) is 1. The Balaban J connectivity index is 1.89. The maximum absolute atomic E-state index is 6.54. The minimum Gasteiger partial charge on any atom is -0.372 e. The van der Waals surface area contributed by atoms with Crippen molar-refractivity contribution in [2.45, 2.75) is 83.0 Å². The van der Waals surface area contributed by atoms with Crippen molar-refractivity contribution in [1.82, 2.24) is 0 Å². The van der Waals surface area contributed by atoms with E-state index in [1.807, 2.05) is 0 Å².